The molecular weight excluding hydrogens is 334 g/mol. The lowest BCUT2D eigenvalue weighted by Gasteiger charge is -2.07. The van der Waals surface area contributed by atoms with Gasteiger partial charge in [-0.2, -0.15) is 0 Å². The van der Waals surface area contributed by atoms with Gasteiger partial charge in [0.2, 0.25) is 5.91 Å². The average Bonchev–Trinajstić information content (AvgIpc) is 2.66. The molecule has 2 aromatic carbocycles. The molecule has 0 unspecified atom stereocenters. The summed E-state index contributed by atoms with van der Waals surface area (Å²) < 4.78 is 10.4. The fraction of sp³-hybridized carbons (Fsp3) is 0.250. The van der Waals surface area contributed by atoms with Crippen LogP contribution >= 0.6 is 11.8 Å². The van der Waals surface area contributed by atoms with Crippen LogP contribution in [0.1, 0.15) is 12.0 Å². The van der Waals surface area contributed by atoms with E-state index in [1.54, 1.807) is 32.1 Å². The molecule has 0 aliphatic carbocycles. The molecule has 132 valence electrons. The summed E-state index contributed by atoms with van der Waals surface area (Å²) >= 11 is 1.79. The van der Waals surface area contributed by atoms with Gasteiger partial charge in [-0.25, -0.2) is 0 Å². The van der Waals surface area contributed by atoms with Crippen molar-refractivity contribution in [2.75, 3.05) is 26.5 Å². The highest BCUT2D eigenvalue weighted by Crippen LogP contribution is 2.27. The molecule has 5 heteroatoms. The predicted octanol–water partition coefficient (Wildman–Crippen LogP) is 4.02. The van der Waals surface area contributed by atoms with Gasteiger partial charge in [-0.1, -0.05) is 24.3 Å². The summed E-state index contributed by atoms with van der Waals surface area (Å²) in [4.78, 5) is 13.1. The van der Waals surface area contributed by atoms with Crippen molar-refractivity contribution in [3.8, 4) is 11.5 Å². The normalized spacial score (nSPS) is 10.6. The molecule has 0 spiro atoms. The first kappa shape index (κ1) is 18.9. The van der Waals surface area contributed by atoms with Crippen molar-refractivity contribution >= 4 is 23.7 Å². The molecule has 0 aromatic heterocycles. The Bertz CT molecular complexity index is 701. The van der Waals surface area contributed by atoms with Crippen LogP contribution in [0.15, 0.2) is 59.5 Å². The molecule has 0 atom stereocenters. The van der Waals surface area contributed by atoms with Crippen LogP contribution in [0.25, 0.3) is 6.08 Å². The second kappa shape index (κ2) is 10.5. The largest absolute Gasteiger partial charge is 0.493 e. The highest BCUT2D eigenvalue weighted by Gasteiger charge is 2.03. The zero-order valence-electron chi connectivity index (χ0n) is 14.5. The third-order valence-corrected chi connectivity index (χ3v) is 4.57. The lowest BCUT2D eigenvalue weighted by atomic mass is 10.2. The van der Waals surface area contributed by atoms with Gasteiger partial charge in [-0.05, 0) is 48.1 Å². The van der Waals surface area contributed by atoms with Crippen LogP contribution in [0.5, 0.6) is 11.5 Å². The fourth-order valence-corrected chi connectivity index (χ4v) is 3.05. The minimum atomic E-state index is -0.0977. The summed E-state index contributed by atoms with van der Waals surface area (Å²) in [6.45, 7) is 0.662. The van der Waals surface area contributed by atoms with Crippen molar-refractivity contribution in [3.63, 3.8) is 0 Å². The maximum Gasteiger partial charge on any atom is 0.243 e. The maximum absolute atomic E-state index is 11.9. The Kier molecular flexibility index (Phi) is 7.92. The second-order valence-corrected chi connectivity index (χ2v) is 6.42. The molecule has 2 rings (SSSR count). The maximum atomic E-state index is 11.9. The quantitative estimate of drug-likeness (QED) is 0.418. The molecule has 0 heterocycles. The number of methoxy groups -OCH3 is 2. The SMILES string of the molecule is COc1ccc(/C=C/C(=O)NCCCSc2ccccc2)cc1OC. The smallest absolute Gasteiger partial charge is 0.243 e. The van der Waals surface area contributed by atoms with Gasteiger partial charge in [0.25, 0.3) is 0 Å². The zero-order chi connectivity index (χ0) is 17.9. The third-order valence-electron chi connectivity index (χ3n) is 3.47. The summed E-state index contributed by atoms with van der Waals surface area (Å²) in [7, 11) is 3.18. The number of carbonyl (C=O) groups excluding carboxylic acids is 1. The first-order chi connectivity index (χ1) is 12.2. The zero-order valence-corrected chi connectivity index (χ0v) is 15.3. The molecule has 0 fully saturated rings. The van der Waals surface area contributed by atoms with E-state index in [0.29, 0.717) is 18.0 Å². The van der Waals surface area contributed by atoms with Crippen LogP contribution in [-0.4, -0.2) is 32.4 Å². The molecule has 0 aliphatic heterocycles. The van der Waals surface area contributed by atoms with E-state index in [9.17, 15) is 4.79 Å². The van der Waals surface area contributed by atoms with Crippen molar-refractivity contribution in [1.29, 1.82) is 0 Å². The highest BCUT2D eigenvalue weighted by molar-refractivity contribution is 7.99. The predicted molar refractivity (Wildman–Crippen MR) is 103 cm³/mol. The molecule has 4 nitrogen and oxygen atoms in total. The Labute approximate surface area is 153 Å². The molecule has 1 amide bonds. The van der Waals surface area contributed by atoms with Gasteiger partial charge < -0.3 is 14.8 Å². The van der Waals surface area contributed by atoms with E-state index in [2.05, 4.69) is 17.4 Å². The van der Waals surface area contributed by atoms with E-state index in [1.165, 1.54) is 11.0 Å². The lowest BCUT2D eigenvalue weighted by molar-refractivity contribution is -0.116. The summed E-state index contributed by atoms with van der Waals surface area (Å²) in [5.74, 6) is 2.19. The molecule has 0 saturated heterocycles. The standard InChI is InChI=1S/C20H23NO3S/c1-23-18-11-9-16(15-19(18)24-2)10-12-20(22)21-13-6-14-25-17-7-4-3-5-8-17/h3-5,7-12,15H,6,13-14H2,1-2H3,(H,21,22)/b12-10+. The number of ether oxygens (including phenoxy) is 2. The Morgan fingerprint density at radius 2 is 1.84 bits per heavy atom. The van der Waals surface area contributed by atoms with Crippen LogP contribution < -0.4 is 14.8 Å². The molecule has 0 bridgehead atoms. The van der Waals surface area contributed by atoms with E-state index in [4.69, 9.17) is 9.47 Å². The Morgan fingerprint density at radius 1 is 1.08 bits per heavy atom. The van der Waals surface area contributed by atoms with Crippen LogP contribution in [0, 0.1) is 0 Å². The Balaban J connectivity index is 1.72. The Hall–Kier alpha value is -2.40. The molecule has 1 N–H and O–H groups in total. The minimum absolute atomic E-state index is 0.0977. The fourth-order valence-electron chi connectivity index (χ4n) is 2.18. The number of rotatable bonds is 9. The van der Waals surface area contributed by atoms with Crippen molar-refractivity contribution < 1.29 is 14.3 Å². The molecular formula is C20H23NO3S. The molecule has 0 saturated carbocycles. The molecule has 0 radical (unpaired) electrons. The van der Waals surface area contributed by atoms with Crippen LogP contribution in [-0.2, 0) is 4.79 Å². The summed E-state index contributed by atoms with van der Waals surface area (Å²) in [5, 5.41) is 2.90. The number of nitrogens with one attached hydrogen (secondary N) is 1. The second-order valence-electron chi connectivity index (χ2n) is 5.25. The third kappa shape index (κ3) is 6.55. The van der Waals surface area contributed by atoms with E-state index >= 15 is 0 Å². The number of amides is 1. The van der Waals surface area contributed by atoms with Crippen LogP contribution in [0.4, 0.5) is 0 Å². The average molecular weight is 357 g/mol. The Morgan fingerprint density at radius 3 is 2.56 bits per heavy atom. The summed E-state index contributed by atoms with van der Waals surface area (Å²) in [6.07, 6.45) is 4.22. The summed E-state index contributed by atoms with van der Waals surface area (Å²) in [6, 6.07) is 15.8. The number of hydrogen-bond acceptors (Lipinski definition) is 4. The molecule has 2 aromatic rings. The van der Waals surface area contributed by atoms with E-state index < -0.39 is 0 Å². The van der Waals surface area contributed by atoms with Gasteiger partial charge in [-0.15, -0.1) is 11.8 Å². The van der Waals surface area contributed by atoms with Crippen molar-refractivity contribution in [3.05, 3.63) is 60.2 Å². The molecule has 25 heavy (non-hydrogen) atoms. The van der Waals surface area contributed by atoms with Crippen LogP contribution in [0.3, 0.4) is 0 Å². The topological polar surface area (TPSA) is 47.6 Å². The van der Waals surface area contributed by atoms with Gasteiger partial charge in [0.05, 0.1) is 14.2 Å². The first-order valence-electron chi connectivity index (χ1n) is 8.08. The first-order valence-corrected chi connectivity index (χ1v) is 9.07. The van der Waals surface area contributed by atoms with E-state index in [0.717, 1.165) is 17.7 Å². The summed E-state index contributed by atoms with van der Waals surface area (Å²) in [5.41, 5.74) is 0.882. The minimum Gasteiger partial charge on any atom is -0.493 e. The van der Waals surface area contributed by atoms with Gasteiger partial charge in [0.15, 0.2) is 11.5 Å². The van der Waals surface area contributed by atoms with Crippen molar-refractivity contribution in [1.82, 2.24) is 5.32 Å². The number of hydrogen-bond donors (Lipinski definition) is 1. The number of thioether (sulfide) groups is 1. The molecule has 0 aliphatic rings. The van der Waals surface area contributed by atoms with Crippen LogP contribution in [0.2, 0.25) is 0 Å². The monoisotopic (exact) mass is 357 g/mol. The van der Waals surface area contributed by atoms with Gasteiger partial charge in [0, 0.05) is 17.5 Å². The van der Waals surface area contributed by atoms with Crippen molar-refractivity contribution in [2.45, 2.75) is 11.3 Å². The number of benzene rings is 2. The van der Waals surface area contributed by atoms with E-state index in [-0.39, 0.29) is 5.91 Å². The van der Waals surface area contributed by atoms with Gasteiger partial charge in [-0.3, -0.25) is 4.79 Å². The van der Waals surface area contributed by atoms with Gasteiger partial charge >= 0.3 is 0 Å². The van der Waals surface area contributed by atoms with E-state index in [1.807, 2.05) is 36.4 Å². The highest BCUT2D eigenvalue weighted by atomic mass is 32.2. The lowest BCUT2D eigenvalue weighted by Crippen LogP contribution is -2.22. The van der Waals surface area contributed by atoms with Gasteiger partial charge in [0.1, 0.15) is 0 Å². The number of carbonyl (C=O) groups is 1. The van der Waals surface area contributed by atoms with Crippen molar-refractivity contribution in [2.24, 2.45) is 0 Å².